The number of hydrogen-bond acceptors (Lipinski definition) is 5. The van der Waals surface area contributed by atoms with Gasteiger partial charge in [0.25, 0.3) is 5.91 Å². The number of aryl methyl sites for hydroxylation is 1. The summed E-state index contributed by atoms with van der Waals surface area (Å²) in [4.78, 5) is 25.8. The Morgan fingerprint density at radius 3 is 2.43 bits per heavy atom. The summed E-state index contributed by atoms with van der Waals surface area (Å²) in [6.45, 7) is 3.61. The Bertz CT molecular complexity index is 1210. The van der Waals surface area contributed by atoms with Crippen molar-refractivity contribution in [2.24, 2.45) is 0 Å². The van der Waals surface area contributed by atoms with Gasteiger partial charge in [0.15, 0.2) is 0 Å². The van der Waals surface area contributed by atoms with Crippen LogP contribution in [0.1, 0.15) is 34.1 Å². The molecule has 3 aromatic rings. The van der Waals surface area contributed by atoms with Crippen molar-refractivity contribution in [1.82, 2.24) is 4.57 Å². The van der Waals surface area contributed by atoms with Crippen LogP contribution in [0, 0.1) is 6.92 Å². The third-order valence-electron chi connectivity index (χ3n) is 4.92. The number of methoxy groups -OCH3 is 1. The largest absolute Gasteiger partial charge is 0.465 e. The van der Waals surface area contributed by atoms with Crippen LogP contribution < -0.4 is 4.31 Å². The third kappa shape index (κ3) is 3.95. The molecule has 0 spiro atoms. The summed E-state index contributed by atoms with van der Waals surface area (Å²) in [5.74, 6) is -1.01. The van der Waals surface area contributed by atoms with Crippen molar-refractivity contribution in [1.29, 1.82) is 0 Å². The first-order valence-corrected chi connectivity index (χ1v) is 11.3. The van der Waals surface area contributed by atoms with E-state index in [1.54, 1.807) is 49.4 Å². The number of esters is 1. The van der Waals surface area contributed by atoms with Gasteiger partial charge in [-0.2, -0.15) is 0 Å². The summed E-state index contributed by atoms with van der Waals surface area (Å²) in [6, 6.07) is 13.0. The smallest absolute Gasteiger partial charge is 0.340 e. The van der Waals surface area contributed by atoms with Gasteiger partial charge in [0.2, 0.25) is 10.0 Å². The second kappa shape index (κ2) is 8.31. The quantitative estimate of drug-likeness (QED) is 0.560. The first kappa shape index (κ1) is 21.6. The maximum atomic E-state index is 13.6. The van der Waals surface area contributed by atoms with Crippen LogP contribution in [0.25, 0.3) is 10.9 Å². The van der Waals surface area contributed by atoms with E-state index in [9.17, 15) is 18.0 Å². The van der Waals surface area contributed by atoms with Crippen molar-refractivity contribution in [2.45, 2.75) is 26.3 Å². The lowest BCUT2D eigenvalue weighted by Crippen LogP contribution is -2.46. The number of anilines is 1. The number of fused-ring (bicyclic) bond motifs is 1. The zero-order valence-corrected chi connectivity index (χ0v) is 18.1. The molecular weight excluding hydrogens is 404 g/mol. The van der Waals surface area contributed by atoms with Gasteiger partial charge >= 0.3 is 5.97 Å². The lowest BCUT2D eigenvalue weighted by Gasteiger charge is -2.30. The second-order valence-electron chi connectivity index (χ2n) is 7.08. The predicted molar refractivity (Wildman–Crippen MR) is 116 cm³/mol. The van der Waals surface area contributed by atoms with E-state index in [2.05, 4.69) is 0 Å². The molecule has 1 atom stereocenters. The van der Waals surface area contributed by atoms with E-state index < -0.39 is 27.9 Å². The van der Waals surface area contributed by atoms with Crippen LogP contribution >= 0.6 is 0 Å². The molecule has 1 aromatic heterocycles. The number of carbonyl (C=O) groups is 2. The van der Waals surface area contributed by atoms with E-state index in [0.717, 1.165) is 16.1 Å². The molecule has 158 valence electrons. The lowest BCUT2D eigenvalue weighted by atomic mass is 10.1. The number of benzene rings is 2. The molecule has 1 unspecified atom stereocenters. The highest BCUT2D eigenvalue weighted by Crippen LogP contribution is 2.27. The Morgan fingerprint density at radius 2 is 1.83 bits per heavy atom. The third-order valence-corrected chi connectivity index (χ3v) is 6.10. The number of nitrogens with zero attached hydrogens (tertiary/aromatic N) is 2. The Hall–Kier alpha value is -3.13. The average Bonchev–Trinajstić information content (AvgIpc) is 3.09. The van der Waals surface area contributed by atoms with Crippen molar-refractivity contribution < 1.29 is 22.7 Å². The minimum absolute atomic E-state index is 0.248. The fraction of sp³-hybridized carbons (Fsp3) is 0.273. The van der Waals surface area contributed by atoms with Crippen molar-refractivity contribution in [2.75, 3.05) is 17.7 Å². The molecule has 0 N–H and O–H groups in total. The summed E-state index contributed by atoms with van der Waals surface area (Å²) < 4.78 is 32.7. The van der Waals surface area contributed by atoms with Gasteiger partial charge < -0.3 is 4.74 Å². The fourth-order valence-corrected chi connectivity index (χ4v) is 4.80. The number of aromatic nitrogens is 1. The van der Waals surface area contributed by atoms with E-state index in [1.165, 1.54) is 17.9 Å². The predicted octanol–water partition coefficient (Wildman–Crippen LogP) is 3.62. The molecule has 0 saturated heterocycles. The maximum Gasteiger partial charge on any atom is 0.340 e. The first-order chi connectivity index (χ1) is 14.2. The lowest BCUT2D eigenvalue weighted by molar-refractivity contribution is 0.0603. The minimum Gasteiger partial charge on any atom is -0.465 e. The molecule has 2 aromatic carbocycles. The van der Waals surface area contributed by atoms with Gasteiger partial charge in [0, 0.05) is 11.6 Å². The number of para-hydroxylation sites is 1. The minimum atomic E-state index is -3.76. The molecular formula is C22H24N2O5S. The molecule has 0 bridgehead atoms. The summed E-state index contributed by atoms with van der Waals surface area (Å²) in [5, 5.41) is 0.564. The van der Waals surface area contributed by atoms with E-state index in [1.807, 2.05) is 13.0 Å². The van der Waals surface area contributed by atoms with E-state index in [-0.39, 0.29) is 12.0 Å². The monoisotopic (exact) mass is 428 g/mol. The molecule has 0 aliphatic rings. The van der Waals surface area contributed by atoms with Gasteiger partial charge in [0.05, 0.1) is 30.1 Å². The molecule has 0 aliphatic heterocycles. The zero-order chi connectivity index (χ0) is 22.1. The van der Waals surface area contributed by atoms with Crippen LogP contribution in [0.2, 0.25) is 0 Å². The molecule has 0 fully saturated rings. The van der Waals surface area contributed by atoms with Gasteiger partial charge in [-0.25, -0.2) is 13.2 Å². The first-order valence-electron chi connectivity index (χ1n) is 9.47. The topological polar surface area (TPSA) is 85.7 Å². The van der Waals surface area contributed by atoms with Crippen molar-refractivity contribution in [3.8, 4) is 0 Å². The van der Waals surface area contributed by atoms with Crippen LogP contribution in [-0.4, -0.2) is 44.3 Å². The molecule has 30 heavy (non-hydrogen) atoms. The number of sulfonamides is 1. The summed E-state index contributed by atoms with van der Waals surface area (Å²) in [7, 11) is -2.49. The van der Waals surface area contributed by atoms with Crippen LogP contribution in [0.4, 0.5) is 5.69 Å². The van der Waals surface area contributed by atoms with Gasteiger partial charge in [-0.15, -0.1) is 0 Å². The Labute approximate surface area is 175 Å². The van der Waals surface area contributed by atoms with Crippen LogP contribution in [0.15, 0.2) is 54.7 Å². The number of carbonyl (C=O) groups excluding carboxylic acids is 2. The summed E-state index contributed by atoms with van der Waals surface area (Å²) in [6.07, 6.45) is 2.75. The van der Waals surface area contributed by atoms with Gasteiger partial charge in [0.1, 0.15) is 6.04 Å². The normalized spacial score (nSPS) is 12.5. The van der Waals surface area contributed by atoms with Crippen molar-refractivity contribution in [3.05, 3.63) is 65.9 Å². The Balaban J connectivity index is 2.17. The molecule has 8 heteroatoms. The highest BCUT2D eigenvalue weighted by atomic mass is 32.2. The Morgan fingerprint density at radius 1 is 1.13 bits per heavy atom. The highest BCUT2D eigenvalue weighted by Gasteiger charge is 2.33. The molecule has 0 radical (unpaired) electrons. The molecule has 1 heterocycles. The van der Waals surface area contributed by atoms with E-state index >= 15 is 0 Å². The molecule has 0 aliphatic carbocycles. The molecule has 0 saturated carbocycles. The zero-order valence-electron chi connectivity index (χ0n) is 17.3. The van der Waals surface area contributed by atoms with Gasteiger partial charge in [-0.1, -0.05) is 37.3 Å². The number of rotatable bonds is 6. The van der Waals surface area contributed by atoms with Crippen molar-refractivity contribution >= 4 is 38.5 Å². The maximum absolute atomic E-state index is 13.6. The van der Waals surface area contributed by atoms with Crippen LogP contribution in [-0.2, 0) is 14.8 Å². The van der Waals surface area contributed by atoms with E-state index in [4.69, 9.17) is 4.74 Å². The van der Waals surface area contributed by atoms with Crippen LogP contribution in [0.3, 0.4) is 0 Å². The number of ether oxygens (including phenoxy) is 1. The SMILES string of the molecule is CCC(C(=O)n1cc(C(=O)OC)c2ccccc21)N(c1cccc(C)c1)S(C)(=O)=O. The molecule has 0 amide bonds. The van der Waals surface area contributed by atoms with Gasteiger partial charge in [-0.05, 0) is 37.1 Å². The molecule has 3 rings (SSSR count). The van der Waals surface area contributed by atoms with Crippen molar-refractivity contribution in [3.63, 3.8) is 0 Å². The Kier molecular flexibility index (Phi) is 5.98. The van der Waals surface area contributed by atoms with Gasteiger partial charge in [-0.3, -0.25) is 13.7 Å². The fourth-order valence-electron chi connectivity index (χ4n) is 3.60. The molecule has 7 nitrogen and oxygen atoms in total. The highest BCUT2D eigenvalue weighted by molar-refractivity contribution is 7.92. The number of hydrogen-bond donors (Lipinski definition) is 0. The summed E-state index contributed by atoms with van der Waals surface area (Å²) >= 11 is 0. The van der Waals surface area contributed by atoms with E-state index in [0.29, 0.717) is 16.6 Å². The average molecular weight is 429 g/mol. The standard InChI is InChI=1S/C22H24N2O5S/c1-5-19(24(30(4,27)28)16-10-8-9-15(2)13-16)21(25)23-14-18(22(26)29-3)17-11-6-7-12-20(17)23/h6-14,19H,5H2,1-4H3. The van der Waals surface area contributed by atoms with Crippen LogP contribution in [0.5, 0.6) is 0 Å². The second-order valence-corrected chi connectivity index (χ2v) is 8.94. The summed E-state index contributed by atoms with van der Waals surface area (Å²) in [5.41, 5.74) is 2.06.